The number of hydrogen-bond acceptors (Lipinski definition) is 7. The van der Waals surface area contributed by atoms with Gasteiger partial charge in [-0.05, 0) is 51.4 Å². The van der Waals surface area contributed by atoms with Crippen molar-refractivity contribution in [3.63, 3.8) is 0 Å². The lowest BCUT2D eigenvalue weighted by Gasteiger charge is -2.24. The molecule has 0 spiro atoms. The molecular weight excluding hydrogens is 810 g/mol. The number of hydrogen-bond donors (Lipinski definition) is 1. The van der Waals surface area contributed by atoms with Crippen molar-refractivity contribution in [3.8, 4) is 0 Å². The number of carbonyl (C=O) groups excluding carboxylic acids is 2. The average molecular weight is 911 g/mol. The zero-order chi connectivity index (χ0) is 46.4. The third-order valence-corrected chi connectivity index (χ3v) is 12.4. The van der Waals surface area contributed by atoms with E-state index in [1.807, 2.05) is 21.1 Å². The van der Waals surface area contributed by atoms with Crippen LogP contribution in [-0.2, 0) is 32.7 Å². The Morgan fingerprint density at radius 2 is 0.857 bits per heavy atom. The van der Waals surface area contributed by atoms with Gasteiger partial charge in [0.15, 0.2) is 6.10 Å². The van der Waals surface area contributed by atoms with Crippen LogP contribution in [0.5, 0.6) is 0 Å². The summed E-state index contributed by atoms with van der Waals surface area (Å²) in [4.78, 5) is 35.3. The Labute approximate surface area is 389 Å². The van der Waals surface area contributed by atoms with Crippen LogP contribution < -0.4 is 0 Å². The summed E-state index contributed by atoms with van der Waals surface area (Å²) in [7, 11) is 1.48. The first-order chi connectivity index (χ1) is 30.5. The number of allylic oxidation sites excluding steroid dienone is 6. The second-order valence-corrected chi connectivity index (χ2v) is 20.4. The zero-order valence-corrected chi connectivity index (χ0v) is 42.7. The van der Waals surface area contributed by atoms with Crippen LogP contribution >= 0.6 is 7.82 Å². The number of likely N-dealkylation sites (N-methyl/N-ethyl adjacent to an activating group) is 1. The lowest BCUT2D eigenvalue weighted by atomic mass is 10.0. The van der Waals surface area contributed by atoms with E-state index >= 15 is 0 Å². The van der Waals surface area contributed by atoms with E-state index in [0.29, 0.717) is 23.9 Å². The van der Waals surface area contributed by atoms with Crippen molar-refractivity contribution in [1.82, 2.24) is 0 Å². The molecule has 0 radical (unpaired) electrons. The Morgan fingerprint density at radius 3 is 1.27 bits per heavy atom. The molecule has 10 heteroatoms. The van der Waals surface area contributed by atoms with Gasteiger partial charge in [-0.3, -0.25) is 18.6 Å². The van der Waals surface area contributed by atoms with E-state index < -0.39 is 26.5 Å². The summed E-state index contributed by atoms with van der Waals surface area (Å²) in [5.41, 5.74) is 0. The smallest absolute Gasteiger partial charge is 0.462 e. The number of nitrogens with zero attached hydrogens (tertiary/aromatic N) is 1. The van der Waals surface area contributed by atoms with Crippen molar-refractivity contribution in [2.24, 2.45) is 0 Å². The molecule has 0 saturated heterocycles. The third-order valence-electron chi connectivity index (χ3n) is 11.4. The van der Waals surface area contributed by atoms with Gasteiger partial charge in [0, 0.05) is 12.8 Å². The van der Waals surface area contributed by atoms with Crippen LogP contribution in [0.3, 0.4) is 0 Å². The molecule has 0 saturated carbocycles. The number of unbranched alkanes of at least 4 members (excludes halogenated alkanes) is 28. The van der Waals surface area contributed by atoms with E-state index in [1.165, 1.54) is 161 Å². The molecule has 0 rings (SSSR count). The molecule has 2 unspecified atom stereocenters. The average Bonchev–Trinajstić information content (AvgIpc) is 3.24. The summed E-state index contributed by atoms with van der Waals surface area (Å²) >= 11 is 0. The molecule has 0 amide bonds. The van der Waals surface area contributed by atoms with E-state index in [4.69, 9.17) is 18.5 Å². The number of esters is 2. The molecule has 0 aliphatic carbocycles. The van der Waals surface area contributed by atoms with Crippen molar-refractivity contribution < 1.29 is 42.1 Å². The van der Waals surface area contributed by atoms with Gasteiger partial charge in [-0.15, -0.1) is 0 Å². The lowest BCUT2D eigenvalue weighted by Crippen LogP contribution is -2.37. The van der Waals surface area contributed by atoms with E-state index in [-0.39, 0.29) is 25.6 Å². The number of phosphoric acid groups is 1. The second-order valence-electron chi connectivity index (χ2n) is 18.9. The van der Waals surface area contributed by atoms with Gasteiger partial charge >= 0.3 is 19.8 Å². The highest BCUT2D eigenvalue weighted by molar-refractivity contribution is 7.47. The Kier molecular flexibility index (Phi) is 44.1. The van der Waals surface area contributed by atoms with Gasteiger partial charge in [0.25, 0.3) is 0 Å². The molecule has 9 nitrogen and oxygen atoms in total. The molecule has 0 bridgehead atoms. The fourth-order valence-electron chi connectivity index (χ4n) is 7.32. The molecule has 2 atom stereocenters. The highest BCUT2D eigenvalue weighted by atomic mass is 31.2. The predicted octanol–water partition coefficient (Wildman–Crippen LogP) is 15.6. The van der Waals surface area contributed by atoms with Crippen LogP contribution in [0, 0.1) is 0 Å². The zero-order valence-electron chi connectivity index (χ0n) is 41.8. The second kappa shape index (κ2) is 45.4. The first-order valence-corrected chi connectivity index (χ1v) is 27.7. The number of carbonyl (C=O) groups is 2. The maximum absolute atomic E-state index is 12.7. The third kappa shape index (κ3) is 49.5. The summed E-state index contributed by atoms with van der Waals surface area (Å²) in [5, 5.41) is 0. The summed E-state index contributed by atoms with van der Waals surface area (Å²) < 4.78 is 34.3. The first-order valence-electron chi connectivity index (χ1n) is 26.2. The van der Waals surface area contributed by atoms with Crippen LogP contribution in [0.2, 0.25) is 0 Å². The standard InChI is InChI=1S/C53H100NO8P/c1-6-8-10-12-14-16-17-18-19-20-21-22-23-24-25-26-27-28-29-30-31-32-33-34-35-36-37-38-40-42-44-46-53(56)62-51(50-61-63(57,58)60-48-47-54(3,4)5)49-59-52(55)45-43-41-39-15-13-11-9-7-2/h17-18,20-21,23-24,51H,6-16,19,22,25-50H2,1-5H3/p+1/b18-17-,21-20-,24-23-. The molecular formula is C53H101NO8P+. The van der Waals surface area contributed by atoms with Crippen molar-refractivity contribution in [1.29, 1.82) is 0 Å². The predicted molar refractivity (Wildman–Crippen MR) is 266 cm³/mol. The van der Waals surface area contributed by atoms with Crippen molar-refractivity contribution in [2.45, 2.75) is 245 Å². The van der Waals surface area contributed by atoms with Crippen LogP contribution in [0.15, 0.2) is 36.5 Å². The molecule has 0 aromatic carbocycles. The fraction of sp³-hybridized carbons (Fsp3) is 0.849. The van der Waals surface area contributed by atoms with Gasteiger partial charge in [-0.2, -0.15) is 0 Å². The van der Waals surface area contributed by atoms with Crippen LogP contribution in [0.1, 0.15) is 239 Å². The van der Waals surface area contributed by atoms with Gasteiger partial charge in [-0.1, -0.05) is 211 Å². The number of quaternary nitrogens is 1. The summed E-state index contributed by atoms with van der Waals surface area (Å²) in [6.07, 6.45) is 53.8. The summed E-state index contributed by atoms with van der Waals surface area (Å²) in [6.45, 7) is 4.40. The van der Waals surface area contributed by atoms with Gasteiger partial charge in [0.1, 0.15) is 19.8 Å². The molecule has 0 aromatic rings. The lowest BCUT2D eigenvalue weighted by molar-refractivity contribution is -0.870. The quantitative estimate of drug-likeness (QED) is 0.0211. The topological polar surface area (TPSA) is 108 Å². The minimum atomic E-state index is -4.37. The van der Waals surface area contributed by atoms with Gasteiger partial charge < -0.3 is 18.9 Å². The Hall–Kier alpha value is -1.77. The molecule has 0 aliphatic heterocycles. The van der Waals surface area contributed by atoms with E-state index in [1.54, 1.807) is 0 Å². The molecule has 0 aromatic heterocycles. The normalized spacial score (nSPS) is 13.7. The minimum absolute atomic E-state index is 0.0334. The van der Waals surface area contributed by atoms with Crippen LogP contribution in [-0.4, -0.2) is 74.9 Å². The number of rotatable bonds is 48. The van der Waals surface area contributed by atoms with Gasteiger partial charge in [0.05, 0.1) is 27.7 Å². The highest BCUT2D eigenvalue weighted by Gasteiger charge is 2.27. The largest absolute Gasteiger partial charge is 0.472 e. The molecule has 1 N–H and O–H groups in total. The Morgan fingerprint density at radius 1 is 0.492 bits per heavy atom. The maximum atomic E-state index is 12.7. The molecule has 63 heavy (non-hydrogen) atoms. The van der Waals surface area contributed by atoms with Gasteiger partial charge in [0.2, 0.25) is 0 Å². The summed E-state index contributed by atoms with van der Waals surface area (Å²) in [6, 6.07) is 0. The van der Waals surface area contributed by atoms with E-state index in [9.17, 15) is 19.0 Å². The van der Waals surface area contributed by atoms with Crippen molar-refractivity contribution in [2.75, 3.05) is 47.5 Å². The number of ether oxygens (including phenoxy) is 2. The van der Waals surface area contributed by atoms with Gasteiger partial charge in [-0.25, -0.2) is 4.57 Å². The van der Waals surface area contributed by atoms with Crippen molar-refractivity contribution >= 4 is 19.8 Å². The molecule has 0 fully saturated rings. The van der Waals surface area contributed by atoms with E-state index in [2.05, 4.69) is 50.3 Å². The van der Waals surface area contributed by atoms with Crippen LogP contribution in [0.25, 0.3) is 0 Å². The number of phosphoric ester groups is 1. The fourth-order valence-corrected chi connectivity index (χ4v) is 8.06. The monoisotopic (exact) mass is 911 g/mol. The van der Waals surface area contributed by atoms with Crippen molar-refractivity contribution in [3.05, 3.63) is 36.5 Å². The maximum Gasteiger partial charge on any atom is 0.472 e. The molecule has 0 heterocycles. The van der Waals surface area contributed by atoms with Crippen LogP contribution in [0.4, 0.5) is 0 Å². The van der Waals surface area contributed by atoms with E-state index in [0.717, 1.165) is 44.9 Å². The molecule has 370 valence electrons. The first kappa shape index (κ1) is 61.2. The Balaban J connectivity index is 3.98. The Bertz CT molecular complexity index is 1170. The SMILES string of the molecule is CCCCCCC/C=C\C/C=C\C/C=C\CCCCCCCCCCCCCCCCCCC(=O)OC(COC(=O)CCCCCCCCCC)COP(=O)(O)OCC[N+](C)(C)C. The molecule has 0 aliphatic rings. The summed E-state index contributed by atoms with van der Waals surface area (Å²) in [5.74, 6) is -0.795. The highest BCUT2D eigenvalue weighted by Crippen LogP contribution is 2.43. The minimum Gasteiger partial charge on any atom is -0.462 e.